The van der Waals surface area contributed by atoms with Crippen molar-refractivity contribution in [3.05, 3.63) is 0 Å². The third kappa shape index (κ3) is 6.88. The van der Waals surface area contributed by atoms with E-state index in [1.165, 1.54) is 4.90 Å². The molecule has 1 N–H and O–H groups in total. The SMILES string of the molecule is CCC(C)C(CN(CC(F)(F)F)C(C)C)NC. The van der Waals surface area contributed by atoms with E-state index in [9.17, 15) is 13.2 Å². The molecule has 0 bridgehead atoms. The highest BCUT2D eigenvalue weighted by atomic mass is 19.4. The fourth-order valence-corrected chi connectivity index (χ4v) is 1.78. The van der Waals surface area contributed by atoms with Crippen LogP contribution >= 0.6 is 0 Å². The summed E-state index contributed by atoms with van der Waals surface area (Å²) in [5.41, 5.74) is 0. The molecule has 104 valence electrons. The number of nitrogens with zero attached hydrogens (tertiary/aromatic N) is 1. The van der Waals surface area contributed by atoms with E-state index in [4.69, 9.17) is 0 Å². The summed E-state index contributed by atoms with van der Waals surface area (Å²) in [6.07, 6.45) is -3.17. The maximum Gasteiger partial charge on any atom is 0.401 e. The zero-order chi connectivity index (χ0) is 13.6. The Kier molecular flexibility index (Phi) is 7.09. The highest BCUT2D eigenvalue weighted by Gasteiger charge is 2.33. The normalized spacial score (nSPS) is 16.6. The molecule has 5 heteroatoms. The van der Waals surface area contributed by atoms with Crippen LogP contribution in [0.1, 0.15) is 34.1 Å². The highest BCUT2D eigenvalue weighted by Crippen LogP contribution is 2.19. The van der Waals surface area contributed by atoms with Crippen molar-refractivity contribution >= 4 is 0 Å². The smallest absolute Gasteiger partial charge is 0.315 e. The Morgan fingerprint density at radius 3 is 2.00 bits per heavy atom. The fraction of sp³-hybridized carbons (Fsp3) is 1.00. The topological polar surface area (TPSA) is 15.3 Å². The van der Waals surface area contributed by atoms with Crippen LogP contribution in [0.2, 0.25) is 0 Å². The van der Waals surface area contributed by atoms with Crippen LogP contribution in [0.25, 0.3) is 0 Å². The Bertz CT molecular complexity index is 204. The van der Waals surface area contributed by atoms with E-state index in [1.807, 2.05) is 7.05 Å². The predicted octanol–water partition coefficient (Wildman–Crippen LogP) is 2.89. The minimum Gasteiger partial charge on any atom is -0.315 e. The van der Waals surface area contributed by atoms with Gasteiger partial charge in [0.2, 0.25) is 0 Å². The van der Waals surface area contributed by atoms with Gasteiger partial charge in [-0.05, 0) is 26.8 Å². The number of hydrogen-bond acceptors (Lipinski definition) is 2. The summed E-state index contributed by atoms with van der Waals surface area (Å²) in [7, 11) is 1.81. The van der Waals surface area contributed by atoms with Crippen molar-refractivity contribution in [2.24, 2.45) is 5.92 Å². The number of nitrogens with one attached hydrogen (secondary N) is 1. The molecule has 2 unspecified atom stereocenters. The number of alkyl halides is 3. The summed E-state index contributed by atoms with van der Waals surface area (Å²) in [5, 5.41) is 3.11. The van der Waals surface area contributed by atoms with E-state index in [-0.39, 0.29) is 12.1 Å². The molecule has 0 rings (SSSR count). The molecular weight excluding hydrogens is 229 g/mol. The zero-order valence-corrected chi connectivity index (χ0v) is 11.4. The lowest BCUT2D eigenvalue weighted by Gasteiger charge is -2.33. The highest BCUT2D eigenvalue weighted by molar-refractivity contribution is 4.78. The molecular formula is C12H25F3N2. The van der Waals surface area contributed by atoms with E-state index in [0.717, 1.165) is 6.42 Å². The van der Waals surface area contributed by atoms with Gasteiger partial charge >= 0.3 is 6.18 Å². The molecule has 0 aliphatic heterocycles. The first-order valence-corrected chi connectivity index (χ1v) is 6.19. The third-order valence-electron chi connectivity index (χ3n) is 3.25. The van der Waals surface area contributed by atoms with Gasteiger partial charge in [0, 0.05) is 18.6 Å². The lowest BCUT2D eigenvalue weighted by Crippen LogP contribution is -2.48. The van der Waals surface area contributed by atoms with Crippen molar-refractivity contribution in [1.82, 2.24) is 10.2 Å². The van der Waals surface area contributed by atoms with E-state index in [2.05, 4.69) is 19.2 Å². The standard InChI is InChI=1S/C12H25F3N2/c1-6-10(4)11(16-5)7-17(9(2)3)8-12(13,14)15/h9-11,16H,6-8H2,1-5H3. The summed E-state index contributed by atoms with van der Waals surface area (Å²) < 4.78 is 37.3. The van der Waals surface area contributed by atoms with Gasteiger partial charge in [-0.3, -0.25) is 4.90 Å². The van der Waals surface area contributed by atoms with Gasteiger partial charge in [0.15, 0.2) is 0 Å². The molecule has 0 spiro atoms. The first-order valence-electron chi connectivity index (χ1n) is 6.19. The second kappa shape index (κ2) is 7.21. The van der Waals surface area contributed by atoms with Gasteiger partial charge < -0.3 is 5.32 Å². The quantitative estimate of drug-likeness (QED) is 0.751. The van der Waals surface area contributed by atoms with Crippen LogP contribution in [0.3, 0.4) is 0 Å². The summed E-state index contributed by atoms with van der Waals surface area (Å²) in [6.45, 7) is 7.32. The molecule has 2 atom stereocenters. The Morgan fingerprint density at radius 2 is 1.71 bits per heavy atom. The molecule has 0 aliphatic rings. The van der Waals surface area contributed by atoms with Crippen LogP contribution in [-0.4, -0.2) is 43.3 Å². The number of halogens is 3. The Labute approximate surface area is 103 Å². The van der Waals surface area contributed by atoms with Crippen molar-refractivity contribution in [3.8, 4) is 0 Å². The first-order chi connectivity index (χ1) is 7.71. The molecule has 2 nitrogen and oxygen atoms in total. The molecule has 0 aromatic carbocycles. The second-order valence-corrected chi connectivity index (χ2v) is 4.92. The van der Waals surface area contributed by atoms with Crippen molar-refractivity contribution in [2.75, 3.05) is 20.1 Å². The lowest BCUT2D eigenvalue weighted by molar-refractivity contribution is -0.150. The largest absolute Gasteiger partial charge is 0.401 e. The lowest BCUT2D eigenvalue weighted by atomic mass is 9.98. The maximum atomic E-state index is 12.4. The maximum absolute atomic E-state index is 12.4. The first kappa shape index (κ1) is 16.7. The monoisotopic (exact) mass is 254 g/mol. The van der Waals surface area contributed by atoms with E-state index in [0.29, 0.717) is 12.5 Å². The number of rotatable bonds is 7. The van der Waals surface area contributed by atoms with Gasteiger partial charge in [0.1, 0.15) is 0 Å². The predicted molar refractivity (Wildman–Crippen MR) is 65.1 cm³/mol. The van der Waals surface area contributed by atoms with Gasteiger partial charge in [0.25, 0.3) is 0 Å². The second-order valence-electron chi connectivity index (χ2n) is 4.92. The van der Waals surface area contributed by atoms with Crippen molar-refractivity contribution < 1.29 is 13.2 Å². The van der Waals surface area contributed by atoms with Gasteiger partial charge in [-0.25, -0.2) is 0 Å². The minimum absolute atomic E-state index is 0.100. The Morgan fingerprint density at radius 1 is 1.18 bits per heavy atom. The molecule has 0 radical (unpaired) electrons. The molecule has 0 aliphatic carbocycles. The van der Waals surface area contributed by atoms with Crippen LogP contribution < -0.4 is 5.32 Å². The number of likely N-dealkylation sites (N-methyl/N-ethyl adjacent to an activating group) is 1. The average molecular weight is 254 g/mol. The van der Waals surface area contributed by atoms with Crippen LogP contribution in [0, 0.1) is 5.92 Å². The summed E-state index contributed by atoms with van der Waals surface area (Å²) in [6, 6.07) is 0.00119. The summed E-state index contributed by atoms with van der Waals surface area (Å²) in [5.74, 6) is 0.370. The average Bonchev–Trinajstić information content (AvgIpc) is 2.21. The van der Waals surface area contributed by atoms with Crippen LogP contribution in [0.15, 0.2) is 0 Å². The summed E-state index contributed by atoms with van der Waals surface area (Å²) >= 11 is 0. The molecule has 0 fully saturated rings. The van der Waals surface area contributed by atoms with Crippen LogP contribution in [0.5, 0.6) is 0 Å². The molecule has 0 heterocycles. The van der Waals surface area contributed by atoms with Crippen molar-refractivity contribution in [3.63, 3.8) is 0 Å². The van der Waals surface area contributed by atoms with Crippen LogP contribution in [0.4, 0.5) is 13.2 Å². The van der Waals surface area contributed by atoms with Gasteiger partial charge in [0.05, 0.1) is 6.54 Å². The van der Waals surface area contributed by atoms with Gasteiger partial charge in [-0.15, -0.1) is 0 Å². The Balaban J connectivity index is 4.52. The fourth-order valence-electron chi connectivity index (χ4n) is 1.78. The third-order valence-corrected chi connectivity index (χ3v) is 3.25. The van der Waals surface area contributed by atoms with E-state index in [1.54, 1.807) is 13.8 Å². The van der Waals surface area contributed by atoms with Gasteiger partial charge in [-0.1, -0.05) is 20.3 Å². The molecule has 0 saturated carbocycles. The van der Waals surface area contributed by atoms with Gasteiger partial charge in [-0.2, -0.15) is 13.2 Å². The molecule has 0 amide bonds. The molecule has 0 aromatic rings. The van der Waals surface area contributed by atoms with E-state index < -0.39 is 12.7 Å². The molecule has 17 heavy (non-hydrogen) atoms. The minimum atomic E-state index is -4.13. The van der Waals surface area contributed by atoms with Crippen molar-refractivity contribution in [2.45, 2.75) is 52.4 Å². The van der Waals surface area contributed by atoms with Crippen molar-refractivity contribution in [1.29, 1.82) is 0 Å². The molecule has 0 saturated heterocycles. The number of hydrogen-bond donors (Lipinski definition) is 1. The zero-order valence-electron chi connectivity index (χ0n) is 11.4. The molecule has 0 aromatic heterocycles. The van der Waals surface area contributed by atoms with Crippen LogP contribution in [-0.2, 0) is 0 Å². The summed E-state index contributed by atoms with van der Waals surface area (Å²) in [4.78, 5) is 1.48. The Hall–Kier alpha value is -0.290. The van der Waals surface area contributed by atoms with E-state index >= 15 is 0 Å².